The van der Waals surface area contributed by atoms with Gasteiger partial charge in [0.05, 0.1) is 6.20 Å². The van der Waals surface area contributed by atoms with Crippen LogP contribution >= 0.6 is 0 Å². The third-order valence-corrected chi connectivity index (χ3v) is 4.61. The predicted octanol–water partition coefficient (Wildman–Crippen LogP) is 3.69. The number of aromatic amines is 1. The molecule has 1 aliphatic rings. The average molecular weight is 313 g/mol. The topological polar surface area (TPSA) is 52.2 Å². The Bertz CT molecular complexity index is 635. The number of benzene rings is 1. The van der Waals surface area contributed by atoms with Gasteiger partial charge in [0.25, 0.3) is 0 Å². The molecule has 2 N–H and O–H groups in total. The van der Waals surface area contributed by atoms with Gasteiger partial charge in [-0.15, -0.1) is 0 Å². The first-order valence-corrected chi connectivity index (χ1v) is 8.64. The Morgan fingerprint density at radius 2 is 2.26 bits per heavy atom. The minimum absolute atomic E-state index is 0.351. The molecule has 23 heavy (non-hydrogen) atoms. The molecule has 1 fully saturated rings. The summed E-state index contributed by atoms with van der Waals surface area (Å²) in [6.07, 6.45) is 5.53. The molecule has 2 aromatic rings. The standard InChI is InChI=1S/C19H27N3O/c1-14(2)9-17-11-20-21-19(17)16-6-4-8-22(13-16)12-15-5-3-7-18(23)10-15/h3,5,7,10-11,14,16,23H,4,6,8-9,12-13H2,1-2H3,(H,20,21). The normalized spacial score (nSPS) is 19.3. The minimum Gasteiger partial charge on any atom is -0.508 e. The lowest BCUT2D eigenvalue weighted by molar-refractivity contribution is 0.198. The number of phenols is 1. The van der Waals surface area contributed by atoms with Crippen LogP contribution in [0.5, 0.6) is 5.75 Å². The number of likely N-dealkylation sites (tertiary alicyclic amines) is 1. The molecule has 0 amide bonds. The first-order valence-electron chi connectivity index (χ1n) is 8.64. The molecule has 1 aromatic carbocycles. The van der Waals surface area contributed by atoms with Crippen LogP contribution in [0, 0.1) is 5.92 Å². The smallest absolute Gasteiger partial charge is 0.115 e. The van der Waals surface area contributed by atoms with Gasteiger partial charge in [-0.3, -0.25) is 10.00 Å². The second-order valence-electron chi connectivity index (χ2n) is 7.15. The molecule has 0 bridgehead atoms. The van der Waals surface area contributed by atoms with Gasteiger partial charge in [0.2, 0.25) is 0 Å². The monoisotopic (exact) mass is 313 g/mol. The number of rotatable bonds is 5. The summed E-state index contributed by atoms with van der Waals surface area (Å²) in [5, 5.41) is 17.2. The Morgan fingerprint density at radius 3 is 3.04 bits per heavy atom. The lowest BCUT2D eigenvalue weighted by Gasteiger charge is -2.32. The molecular formula is C19H27N3O. The lowest BCUT2D eigenvalue weighted by atomic mass is 9.90. The van der Waals surface area contributed by atoms with E-state index in [1.807, 2.05) is 18.3 Å². The Hall–Kier alpha value is -1.81. The minimum atomic E-state index is 0.351. The Labute approximate surface area is 138 Å². The van der Waals surface area contributed by atoms with E-state index in [1.54, 1.807) is 6.07 Å². The number of nitrogens with zero attached hydrogens (tertiary/aromatic N) is 2. The van der Waals surface area contributed by atoms with Crippen LogP contribution in [0.3, 0.4) is 0 Å². The van der Waals surface area contributed by atoms with Gasteiger partial charge >= 0.3 is 0 Å². The summed E-state index contributed by atoms with van der Waals surface area (Å²) in [4.78, 5) is 2.49. The summed E-state index contributed by atoms with van der Waals surface area (Å²) in [5.41, 5.74) is 3.89. The van der Waals surface area contributed by atoms with E-state index in [9.17, 15) is 5.11 Å². The van der Waals surface area contributed by atoms with Crippen LogP contribution in [-0.4, -0.2) is 33.3 Å². The Balaban J connectivity index is 1.67. The number of phenolic OH excluding ortho intramolecular Hbond substituents is 1. The highest BCUT2D eigenvalue weighted by molar-refractivity contribution is 5.27. The SMILES string of the molecule is CC(C)Cc1cn[nH]c1C1CCCN(Cc2cccc(O)c2)C1. The molecule has 124 valence electrons. The number of piperidine rings is 1. The molecule has 0 spiro atoms. The van der Waals surface area contributed by atoms with Crippen molar-refractivity contribution in [3.8, 4) is 5.75 Å². The zero-order valence-corrected chi connectivity index (χ0v) is 14.1. The maximum Gasteiger partial charge on any atom is 0.115 e. The molecule has 2 heterocycles. The third kappa shape index (κ3) is 4.14. The molecule has 1 aromatic heterocycles. The van der Waals surface area contributed by atoms with Crippen LogP contribution in [0.1, 0.15) is 49.4 Å². The first kappa shape index (κ1) is 16.1. The largest absolute Gasteiger partial charge is 0.508 e. The van der Waals surface area contributed by atoms with Gasteiger partial charge in [-0.1, -0.05) is 26.0 Å². The third-order valence-electron chi connectivity index (χ3n) is 4.61. The fourth-order valence-corrected chi connectivity index (χ4v) is 3.62. The number of aromatic nitrogens is 2. The van der Waals surface area contributed by atoms with Crippen LogP contribution in [0.15, 0.2) is 30.5 Å². The van der Waals surface area contributed by atoms with Gasteiger partial charge in [-0.25, -0.2) is 0 Å². The summed E-state index contributed by atoms with van der Waals surface area (Å²) >= 11 is 0. The summed E-state index contributed by atoms with van der Waals surface area (Å²) in [7, 11) is 0. The first-order chi connectivity index (χ1) is 11.1. The van der Waals surface area contributed by atoms with E-state index in [-0.39, 0.29) is 0 Å². The van der Waals surface area contributed by atoms with Crippen LogP contribution in [0.2, 0.25) is 0 Å². The highest BCUT2D eigenvalue weighted by Gasteiger charge is 2.24. The van der Waals surface area contributed by atoms with Crippen molar-refractivity contribution in [1.29, 1.82) is 0 Å². The van der Waals surface area contributed by atoms with Gasteiger partial charge in [-0.2, -0.15) is 5.10 Å². The van der Waals surface area contributed by atoms with Gasteiger partial charge in [0.1, 0.15) is 5.75 Å². The van der Waals surface area contributed by atoms with Crippen LogP contribution in [0.4, 0.5) is 0 Å². The van der Waals surface area contributed by atoms with Crippen molar-refractivity contribution < 1.29 is 5.11 Å². The quantitative estimate of drug-likeness (QED) is 0.885. The van der Waals surface area contributed by atoms with Crippen molar-refractivity contribution in [2.75, 3.05) is 13.1 Å². The van der Waals surface area contributed by atoms with Crippen molar-refractivity contribution in [3.05, 3.63) is 47.3 Å². The second-order valence-corrected chi connectivity index (χ2v) is 7.15. The molecule has 1 atom stereocenters. The Morgan fingerprint density at radius 1 is 1.39 bits per heavy atom. The van der Waals surface area contributed by atoms with Gasteiger partial charge < -0.3 is 5.11 Å². The molecule has 0 radical (unpaired) electrons. The zero-order valence-electron chi connectivity index (χ0n) is 14.1. The Kier molecular flexibility index (Phi) is 5.01. The summed E-state index contributed by atoms with van der Waals surface area (Å²) in [6, 6.07) is 7.60. The van der Waals surface area contributed by atoms with Crippen LogP contribution in [0.25, 0.3) is 0 Å². The summed E-state index contributed by atoms with van der Waals surface area (Å²) in [6.45, 7) is 7.60. The van der Waals surface area contributed by atoms with Crippen molar-refractivity contribution in [2.45, 2.75) is 45.6 Å². The molecular weight excluding hydrogens is 286 g/mol. The summed E-state index contributed by atoms with van der Waals surface area (Å²) in [5.74, 6) is 1.54. The maximum atomic E-state index is 9.63. The molecule has 1 unspecified atom stereocenters. The van der Waals surface area contributed by atoms with Crippen molar-refractivity contribution >= 4 is 0 Å². The highest BCUT2D eigenvalue weighted by atomic mass is 16.3. The predicted molar refractivity (Wildman–Crippen MR) is 92.5 cm³/mol. The maximum absolute atomic E-state index is 9.63. The molecule has 4 nitrogen and oxygen atoms in total. The van der Waals surface area contributed by atoms with E-state index in [1.165, 1.54) is 29.7 Å². The van der Waals surface area contributed by atoms with E-state index in [2.05, 4.69) is 35.0 Å². The number of hydrogen-bond acceptors (Lipinski definition) is 3. The molecule has 0 saturated carbocycles. The van der Waals surface area contributed by atoms with Crippen molar-refractivity contribution in [3.63, 3.8) is 0 Å². The van der Waals surface area contributed by atoms with E-state index in [0.717, 1.165) is 26.1 Å². The highest BCUT2D eigenvalue weighted by Crippen LogP contribution is 2.29. The number of H-pyrrole nitrogens is 1. The molecule has 1 saturated heterocycles. The average Bonchev–Trinajstić information content (AvgIpc) is 2.95. The lowest BCUT2D eigenvalue weighted by Crippen LogP contribution is -2.34. The fourth-order valence-electron chi connectivity index (χ4n) is 3.62. The summed E-state index contributed by atoms with van der Waals surface area (Å²) < 4.78 is 0. The van der Waals surface area contributed by atoms with E-state index < -0.39 is 0 Å². The van der Waals surface area contributed by atoms with Gasteiger partial charge in [0.15, 0.2) is 0 Å². The van der Waals surface area contributed by atoms with E-state index in [4.69, 9.17) is 0 Å². The van der Waals surface area contributed by atoms with E-state index >= 15 is 0 Å². The molecule has 0 aliphatic carbocycles. The fraction of sp³-hybridized carbons (Fsp3) is 0.526. The number of nitrogens with one attached hydrogen (secondary N) is 1. The van der Waals surface area contributed by atoms with E-state index in [0.29, 0.717) is 17.6 Å². The van der Waals surface area contributed by atoms with Gasteiger partial charge in [0, 0.05) is 24.7 Å². The van der Waals surface area contributed by atoms with Gasteiger partial charge in [-0.05, 0) is 55.0 Å². The zero-order chi connectivity index (χ0) is 16.2. The molecule has 1 aliphatic heterocycles. The number of hydrogen-bond donors (Lipinski definition) is 2. The molecule has 3 rings (SSSR count). The van der Waals surface area contributed by atoms with Crippen molar-refractivity contribution in [2.24, 2.45) is 5.92 Å². The van der Waals surface area contributed by atoms with Crippen LogP contribution in [-0.2, 0) is 13.0 Å². The molecule has 4 heteroatoms. The van der Waals surface area contributed by atoms with Crippen molar-refractivity contribution in [1.82, 2.24) is 15.1 Å². The second kappa shape index (κ2) is 7.18. The van der Waals surface area contributed by atoms with Crippen LogP contribution < -0.4 is 0 Å². The number of aromatic hydroxyl groups is 1.